The van der Waals surface area contributed by atoms with Crippen molar-refractivity contribution in [2.45, 2.75) is 36.6 Å². The molecule has 0 radical (unpaired) electrons. The van der Waals surface area contributed by atoms with Crippen LogP contribution < -0.4 is 14.2 Å². The van der Waals surface area contributed by atoms with Gasteiger partial charge in [-0.15, -0.1) is 0 Å². The summed E-state index contributed by atoms with van der Waals surface area (Å²) in [7, 11) is 1.44. The molecule has 8 nitrogen and oxygen atoms in total. The van der Waals surface area contributed by atoms with Crippen LogP contribution >= 0.6 is 0 Å². The second-order valence-corrected chi connectivity index (χ2v) is 7.62. The van der Waals surface area contributed by atoms with E-state index in [0.29, 0.717) is 16.9 Å². The smallest absolute Gasteiger partial charge is 0.271 e. The molecule has 6 rings (SSSR count). The van der Waals surface area contributed by atoms with Gasteiger partial charge < -0.3 is 24.4 Å². The van der Waals surface area contributed by atoms with E-state index in [1.807, 2.05) is 0 Å². The summed E-state index contributed by atoms with van der Waals surface area (Å²) < 4.78 is 23.9. The number of methoxy groups -OCH3 is 1. The van der Waals surface area contributed by atoms with Crippen LogP contribution in [0.2, 0.25) is 0 Å². The Bertz CT molecular complexity index is 1120. The Hall–Kier alpha value is -2.94. The van der Waals surface area contributed by atoms with Gasteiger partial charge in [0, 0.05) is 18.4 Å². The predicted octanol–water partition coefficient (Wildman–Crippen LogP) is 1.40. The van der Waals surface area contributed by atoms with E-state index in [0.717, 1.165) is 0 Å². The van der Waals surface area contributed by atoms with Gasteiger partial charge in [0.25, 0.3) is 11.6 Å². The minimum absolute atomic E-state index is 0.208. The van der Waals surface area contributed by atoms with Crippen LogP contribution in [0.15, 0.2) is 30.3 Å². The third kappa shape index (κ3) is 1.80. The largest absolute Gasteiger partial charge is 0.496 e. The van der Waals surface area contributed by atoms with Crippen molar-refractivity contribution in [1.82, 2.24) is 0 Å². The second-order valence-electron chi connectivity index (χ2n) is 7.62. The standard InChI is InChI=1S/C21H16O8/c1-26-12-5-6-14-19-17(12)11(23)8-16(25)21(19)27-13-4-2-3-9-10(22)7-15(24)20(28-14,29-21)18(9)13/h2-6,15-16,24-25H,7-8H2,1H3/t15-,16-,20+,21+/m1/s1. The third-order valence-electron chi connectivity index (χ3n) is 6.11. The molecule has 0 fully saturated rings. The Morgan fingerprint density at radius 2 is 1.59 bits per heavy atom. The Morgan fingerprint density at radius 1 is 0.931 bits per heavy atom. The molecule has 29 heavy (non-hydrogen) atoms. The maximum absolute atomic E-state index is 12.7. The Kier molecular flexibility index (Phi) is 3.01. The summed E-state index contributed by atoms with van der Waals surface area (Å²) in [4.78, 5) is 25.2. The highest BCUT2D eigenvalue weighted by Crippen LogP contribution is 2.61. The molecule has 2 aliphatic heterocycles. The number of hydrogen-bond donors (Lipinski definition) is 2. The summed E-state index contributed by atoms with van der Waals surface area (Å²) in [5.41, 5.74) is 1.07. The lowest BCUT2D eigenvalue weighted by Gasteiger charge is -2.57. The Balaban J connectivity index is 1.72. The maximum Gasteiger partial charge on any atom is 0.271 e. The molecule has 8 heteroatoms. The monoisotopic (exact) mass is 396 g/mol. The SMILES string of the molecule is COc1ccc2c3c1C(=O)C[C@@H](O)[C@@]31Oc3cccc4c3[C@@](O2)(O1)[C@H](O)CC4=O. The summed E-state index contributed by atoms with van der Waals surface area (Å²) in [6, 6.07) is 8.08. The van der Waals surface area contributed by atoms with Crippen molar-refractivity contribution in [1.29, 1.82) is 0 Å². The van der Waals surface area contributed by atoms with Crippen LogP contribution in [-0.4, -0.2) is 41.1 Å². The lowest BCUT2D eigenvalue weighted by molar-refractivity contribution is -0.404. The van der Waals surface area contributed by atoms with E-state index in [9.17, 15) is 19.8 Å². The van der Waals surface area contributed by atoms with Crippen LogP contribution in [0.4, 0.5) is 0 Å². The molecule has 2 spiro atoms. The van der Waals surface area contributed by atoms with Crippen molar-refractivity contribution < 1.29 is 38.7 Å². The van der Waals surface area contributed by atoms with Gasteiger partial charge in [0.15, 0.2) is 11.6 Å². The van der Waals surface area contributed by atoms with Gasteiger partial charge >= 0.3 is 0 Å². The first-order valence-electron chi connectivity index (χ1n) is 9.27. The zero-order chi connectivity index (χ0) is 20.1. The minimum Gasteiger partial charge on any atom is -0.496 e. The number of ketones is 2. The fourth-order valence-electron chi connectivity index (χ4n) is 4.89. The number of Topliss-reactive ketones (excluding diaryl/α,β-unsaturated/α-hetero) is 2. The quantitative estimate of drug-likeness (QED) is 0.744. The fourth-order valence-corrected chi connectivity index (χ4v) is 4.89. The van der Waals surface area contributed by atoms with E-state index < -0.39 is 23.8 Å². The van der Waals surface area contributed by atoms with Crippen LogP contribution in [0.25, 0.3) is 0 Å². The van der Waals surface area contributed by atoms with Gasteiger partial charge in [0.2, 0.25) is 0 Å². The van der Waals surface area contributed by atoms with Crippen molar-refractivity contribution in [3.8, 4) is 17.2 Å². The number of hydrogen-bond acceptors (Lipinski definition) is 8. The number of ether oxygens (including phenoxy) is 4. The highest BCUT2D eigenvalue weighted by atomic mass is 16.8. The zero-order valence-corrected chi connectivity index (χ0v) is 15.3. The molecule has 2 bridgehead atoms. The van der Waals surface area contributed by atoms with Crippen molar-refractivity contribution in [2.24, 2.45) is 0 Å². The molecule has 4 atom stereocenters. The number of rotatable bonds is 1. The van der Waals surface area contributed by atoms with E-state index in [4.69, 9.17) is 18.9 Å². The number of benzene rings is 2. The average molecular weight is 396 g/mol. The minimum atomic E-state index is -1.78. The highest BCUT2D eigenvalue weighted by Gasteiger charge is 2.68. The topological polar surface area (TPSA) is 112 Å². The Labute approximate surface area is 164 Å². The van der Waals surface area contributed by atoms with E-state index in [2.05, 4.69) is 0 Å². The number of aliphatic hydroxyl groups is 2. The summed E-state index contributed by atoms with van der Waals surface area (Å²) in [5.74, 6) is -3.31. The van der Waals surface area contributed by atoms with Crippen LogP contribution in [0.5, 0.6) is 17.2 Å². The molecule has 2 N–H and O–H groups in total. The fraction of sp³-hybridized carbons (Fsp3) is 0.333. The van der Waals surface area contributed by atoms with Crippen molar-refractivity contribution in [3.63, 3.8) is 0 Å². The average Bonchev–Trinajstić information content (AvgIpc) is 2.70. The first-order chi connectivity index (χ1) is 13.9. The van der Waals surface area contributed by atoms with Gasteiger partial charge in [-0.2, -0.15) is 0 Å². The molecule has 2 aromatic carbocycles. The summed E-state index contributed by atoms with van der Waals surface area (Å²) >= 11 is 0. The van der Waals surface area contributed by atoms with Gasteiger partial charge in [0.05, 0.1) is 23.8 Å². The molecule has 0 amide bonds. The summed E-state index contributed by atoms with van der Waals surface area (Å²) in [6.07, 6.45) is -3.14. The maximum atomic E-state index is 12.7. The van der Waals surface area contributed by atoms with Crippen LogP contribution in [0.3, 0.4) is 0 Å². The van der Waals surface area contributed by atoms with E-state index in [1.165, 1.54) is 7.11 Å². The highest BCUT2D eigenvalue weighted by molar-refractivity contribution is 6.03. The molecule has 148 valence electrons. The van der Waals surface area contributed by atoms with E-state index in [-0.39, 0.29) is 47.0 Å². The molecule has 4 aliphatic rings. The van der Waals surface area contributed by atoms with Crippen LogP contribution in [-0.2, 0) is 16.3 Å². The van der Waals surface area contributed by atoms with Crippen LogP contribution in [0, 0.1) is 0 Å². The van der Waals surface area contributed by atoms with E-state index in [1.54, 1.807) is 30.3 Å². The number of carbonyl (C=O) groups is 2. The van der Waals surface area contributed by atoms with Gasteiger partial charge in [-0.3, -0.25) is 14.3 Å². The molecule has 0 unspecified atom stereocenters. The lowest BCUT2D eigenvalue weighted by atomic mass is 9.76. The lowest BCUT2D eigenvalue weighted by Crippen LogP contribution is -2.67. The molecule has 0 saturated carbocycles. The zero-order valence-electron chi connectivity index (χ0n) is 15.3. The number of carbonyl (C=O) groups excluding carboxylic acids is 2. The molecule has 0 saturated heterocycles. The molecular formula is C21H16O8. The predicted molar refractivity (Wildman–Crippen MR) is 95.0 cm³/mol. The summed E-state index contributed by atoms with van der Waals surface area (Å²) in [6.45, 7) is 0. The van der Waals surface area contributed by atoms with Gasteiger partial charge in [0.1, 0.15) is 29.5 Å². The van der Waals surface area contributed by atoms with Gasteiger partial charge in [-0.05, 0) is 18.2 Å². The third-order valence-corrected chi connectivity index (χ3v) is 6.11. The van der Waals surface area contributed by atoms with Crippen molar-refractivity contribution in [2.75, 3.05) is 7.11 Å². The summed E-state index contributed by atoms with van der Waals surface area (Å²) in [5, 5.41) is 21.9. The normalized spacial score (nSPS) is 33.2. The molecule has 2 heterocycles. The molecule has 2 aromatic rings. The molecule has 0 aromatic heterocycles. The first-order valence-corrected chi connectivity index (χ1v) is 9.27. The van der Waals surface area contributed by atoms with E-state index >= 15 is 0 Å². The molecule has 2 aliphatic carbocycles. The second kappa shape index (κ2) is 5.15. The Morgan fingerprint density at radius 3 is 2.31 bits per heavy atom. The van der Waals surface area contributed by atoms with Crippen molar-refractivity contribution >= 4 is 11.6 Å². The van der Waals surface area contributed by atoms with Crippen LogP contribution in [0.1, 0.15) is 44.7 Å². The van der Waals surface area contributed by atoms with Gasteiger partial charge in [-0.25, -0.2) is 0 Å². The first kappa shape index (κ1) is 17.0. The number of aliphatic hydroxyl groups excluding tert-OH is 2. The van der Waals surface area contributed by atoms with Crippen molar-refractivity contribution in [3.05, 3.63) is 52.6 Å². The molecular weight excluding hydrogens is 380 g/mol. The van der Waals surface area contributed by atoms with Gasteiger partial charge in [-0.1, -0.05) is 12.1 Å².